The average Bonchev–Trinajstić information content (AvgIpc) is 3.32. The van der Waals surface area contributed by atoms with Crippen molar-refractivity contribution in [3.8, 4) is 0 Å². The fourth-order valence-corrected chi connectivity index (χ4v) is 4.35. The number of ketones is 1. The summed E-state index contributed by atoms with van der Waals surface area (Å²) in [5.74, 6) is 0.0342. The van der Waals surface area contributed by atoms with Crippen LogP contribution in [0.5, 0.6) is 0 Å². The molecule has 4 rings (SSSR count). The Morgan fingerprint density at radius 3 is 3.08 bits per heavy atom. The number of aromatic nitrogens is 1. The molecule has 0 amide bonds. The van der Waals surface area contributed by atoms with E-state index in [1.54, 1.807) is 23.5 Å². The third kappa shape index (κ3) is 3.64. The van der Waals surface area contributed by atoms with Crippen LogP contribution in [0.15, 0.2) is 48.0 Å². The van der Waals surface area contributed by atoms with E-state index >= 15 is 0 Å². The molecule has 0 spiro atoms. The van der Waals surface area contributed by atoms with E-state index in [1.807, 2.05) is 12.3 Å². The van der Waals surface area contributed by atoms with E-state index in [9.17, 15) is 9.18 Å². The van der Waals surface area contributed by atoms with Crippen molar-refractivity contribution >= 4 is 33.6 Å². The van der Waals surface area contributed by atoms with Gasteiger partial charge in [-0.05, 0) is 60.0 Å². The van der Waals surface area contributed by atoms with E-state index < -0.39 is 0 Å². The molecule has 0 saturated carbocycles. The molecule has 26 heavy (non-hydrogen) atoms. The fourth-order valence-electron chi connectivity index (χ4n) is 3.57. The number of nitrogens with one attached hydrogen (secondary N) is 2. The fraction of sp³-hybridized carbons (Fsp3) is 0.286. The molecule has 0 bridgehead atoms. The summed E-state index contributed by atoms with van der Waals surface area (Å²) in [6.07, 6.45) is 6.95. The first-order valence-electron chi connectivity index (χ1n) is 8.95. The van der Waals surface area contributed by atoms with Crippen molar-refractivity contribution in [3.05, 3.63) is 64.2 Å². The van der Waals surface area contributed by atoms with E-state index in [0.717, 1.165) is 42.3 Å². The van der Waals surface area contributed by atoms with Crippen molar-refractivity contribution in [2.75, 3.05) is 6.54 Å². The van der Waals surface area contributed by atoms with Crippen LogP contribution >= 0.6 is 11.3 Å². The molecule has 0 saturated heterocycles. The molecule has 2 N–H and O–H groups in total. The number of carbonyl (C=O) groups excluding carboxylic acids is 1. The number of benzene rings is 1. The van der Waals surface area contributed by atoms with E-state index in [-0.39, 0.29) is 17.6 Å². The number of hydrogen-bond donors (Lipinski definition) is 2. The van der Waals surface area contributed by atoms with Crippen molar-refractivity contribution < 1.29 is 9.18 Å². The highest BCUT2D eigenvalue weighted by Crippen LogP contribution is 2.27. The molecule has 3 nitrogen and oxygen atoms in total. The van der Waals surface area contributed by atoms with Crippen molar-refractivity contribution in [2.45, 2.75) is 31.7 Å². The number of carbonyl (C=O) groups is 1. The molecule has 3 heterocycles. The van der Waals surface area contributed by atoms with E-state index in [4.69, 9.17) is 0 Å². The summed E-state index contributed by atoms with van der Waals surface area (Å²) in [5, 5.41) is 6.30. The maximum atomic E-state index is 13.5. The maximum Gasteiger partial charge on any atom is 0.150 e. The molecule has 134 valence electrons. The Bertz CT molecular complexity index is 942. The molecule has 1 unspecified atom stereocenters. The molecule has 1 atom stereocenters. The van der Waals surface area contributed by atoms with Crippen molar-refractivity contribution in [3.63, 3.8) is 0 Å². The minimum Gasteiger partial charge on any atom is -0.361 e. The Morgan fingerprint density at radius 2 is 2.23 bits per heavy atom. The normalized spacial score (nSPS) is 17.4. The van der Waals surface area contributed by atoms with Gasteiger partial charge in [0.05, 0.1) is 6.04 Å². The predicted octanol–water partition coefficient (Wildman–Crippen LogP) is 4.71. The van der Waals surface area contributed by atoms with Gasteiger partial charge < -0.3 is 10.3 Å². The van der Waals surface area contributed by atoms with Gasteiger partial charge in [0.25, 0.3) is 0 Å². The van der Waals surface area contributed by atoms with Gasteiger partial charge in [0, 0.05) is 34.9 Å². The topological polar surface area (TPSA) is 44.9 Å². The van der Waals surface area contributed by atoms with Crippen LogP contribution in [0.2, 0.25) is 0 Å². The lowest BCUT2D eigenvalue weighted by molar-refractivity contribution is -0.121. The van der Waals surface area contributed by atoms with Crippen LogP contribution in [0.3, 0.4) is 0 Å². The zero-order valence-corrected chi connectivity index (χ0v) is 15.2. The minimum absolute atomic E-state index is 0.0995. The van der Waals surface area contributed by atoms with Gasteiger partial charge in [0.15, 0.2) is 0 Å². The van der Waals surface area contributed by atoms with Crippen LogP contribution in [-0.4, -0.2) is 23.4 Å². The summed E-state index contributed by atoms with van der Waals surface area (Å²) in [6, 6.07) is 8.83. The van der Waals surface area contributed by atoms with Crippen LogP contribution in [0, 0.1) is 5.82 Å². The molecule has 1 aromatic carbocycles. The second kappa shape index (κ2) is 7.56. The Kier molecular flexibility index (Phi) is 5.00. The van der Waals surface area contributed by atoms with Gasteiger partial charge >= 0.3 is 0 Å². The average molecular weight is 368 g/mol. The smallest absolute Gasteiger partial charge is 0.150 e. The first-order valence-corrected chi connectivity index (χ1v) is 9.83. The number of aryl methyl sites for hydroxylation is 1. The summed E-state index contributed by atoms with van der Waals surface area (Å²) in [5.41, 5.74) is 3.28. The molecule has 0 fully saturated rings. The lowest BCUT2D eigenvalue weighted by Gasteiger charge is -2.22. The summed E-state index contributed by atoms with van der Waals surface area (Å²) < 4.78 is 13.5. The number of H-pyrrole nitrogens is 1. The van der Waals surface area contributed by atoms with Gasteiger partial charge in [-0.2, -0.15) is 0 Å². The second-order valence-corrected chi connectivity index (χ2v) is 7.64. The molecule has 3 aromatic rings. The van der Waals surface area contributed by atoms with Crippen LogP contribution < -0.4 is 5.32 Å². The predicted molar refractivity (Wildman–Crippen MR) is 105 cm³/mol. The highest BCUT2D eigenvalue weighted by atomic mass is 32.1. The number of thiophene rings is 1. The van der Waals surface area contributed by atoms with Crippen LogP contribution in [0.4, 0.5) is 4.39 Å². The monoisotopic (exact) mass is 368 g/mol. The van der Waals surface area contributed by atoms with E-state index in [1.165, 1.54) is 16.5 Å². The maximum absolute atomic E-state index is 13.5. The number of aromatic amines is 1. The SMILES string of the molecule is O=C(CCCc1c[nH]c2ccc(F)cc12)C1CC(c2cccs2)=CCN1. The molecule has 5 heteroatoms. The largest absolute Gasteiger partial charge is 0.361 e. The van der Waals surface area contributed by atoms with Crippen LogP contribution in [-0.2, 0) is 11.2 Å². The van der Waals surface area contributed by atoms with Gasteiger partial charge in [0.1, 0.15) is 11.6 Å². The number of fused-ring (bicyclic) bond motifs is 1. The number of Topliss-reactive ketones (excluding diaryl/α,β-unsaturated/α-hetero) is 1. The molecule has 2 aromatic heterocycles. The summed E-state index contributed by atoms with van der Waals surface area (Å²) in [6.45, 7) is 0.741. The van der Waals surface area contributed by atoms with Crippen LogP contribution in [0.1, 0.15) is 29.7 Å². The van der Waals surface area contributed by atoms with Gasteiger partial charge in [-0.1, -0.05) is 12.1 Å². The first kappa shape index (κ1) is 17.2. The third-order valence-corrected chi connectivity index (χ3v) is 5.91. The Balaban J connectivity index is 1.34. The van der Waals surface area contributed by atoms with Crippen LogP contribution in [0.25, 0.3) is 16.5 Å². The molecule has 0 aliphatic carbocycles. The van der Waals surface area contributed by atoms with Gasteiger partial charge in [0.2, 0.25) is 0 Å². The molecular weight excluding hydrogens is 347 g/mol. The third-order valence-electron chi connectivity index (χ3n) is 4.96. The standard InChI is InChI=1S/C21H21FN2OS/c22-16-6-7-18-17(12-16)15(13-24-18)3-1-4-20(25)19-11-14(8-9-23-19)21-5-2-10-26-21/h2,5-8,10,12-13,19,23-24H,1,3-4,9,11H2. The Hall–Kier alpha value is -2.24. The number of rotatable bonds is 6. The minimum atomic E-state index is -0.228. The molecular formula is C21H21FN2OS. The Labute approximate surface area is 155 Å². The molecule has 1 aliphatic rings. The summed E-state index contributed by atoms with van der Waals surface area (Å²) in [7, 11) is 0. The molecule has 0 radical (unpaired) electrons. The zero-order chi connectivity index (χ0) is 17.9. The van der Waals surface area contributed by atoms with Crippen molar-refractivity contribution in [1.82, 2.24) is 10.3 Å². The van der Waals surface area contributed by atoms with Crippen molar-refractivity contribution in [2.24, 2.45) is 0 Å². The lowest BCUT2D eigenvalue weighted by Crippen LogP contribution is -2.39. The van der Waals surface area contributed by atoms with Gasteiger partial charge in [-0.15, -0.1) is 11.3 Å². The lowest BCUT2D eigenvalue weighted by atomic mass is 9.94. The number of hydrogen-bond acceptors (Lipinski definition) is 3. The first-order chi connectivity index (χ1) is 12.7. The van der Waals surface area contributed by atoms with E-state index in [2.05, 4.69) is 27.8 Å². The quantitative estimate of drug-likeness (QED) is 0.662. The highest BCUT2D eigenvalue weighted by Gasteiger charge is 2.22. The summed E-state index contributed by atoms with van der Waals surface area (Å²) >= 11 is 1.72. The Morgan fingerprint density at radius 1 is 1.31 bits per heavy atom. The zero-order valence-electron chi connectivity index (χ0n) is 14.4. The second-order valence-electron chi connectivity index (χ2n) is 6.70. The van der Waals surface area contributed by atoms with Gasteiger partial charge in [-0.3, -0.25) is 4.79 Å². The highest BCUT2D eigenvalue weighted by molar-refractivity contribution is 7.11. The number of halogens is 1. The van der Waals surface area contributed by atoms with Crippen molar-refractivity contribution in [1.29, 1.82) is 0 Å². The van der Waals surface area contributed by atoms with E-state index in [0.29, 0.717) is 6.42 Å². The summed E-state index contributed by atoms with van der Waals surface area (Å²) in [4.78, 5) is 17.0. The molecule has 1 aliphatic heterocycles. The van der Waals surface area contributed by atoms with Gasteiger partial charge in [-0.25, -0.2) is 4.39 Å².